The Kier molecular flexibility index (Phi) is 5.88. The van der Waals surface area contributed by atoms with Crippen molar-refractivity contribution < 1.29 is 27.1 Å². The average Bonchev–Trinajstić information content (AvgIpc) is 3.15. The zero-order chi connectivity index (χ0) is 20.1. The first-order chi connectivity index (χ1) is 13.3. The Hall–Kier alpha value is -3.01. The van der Waals surface area contributed by atoms with Gasteiger partial charge in [-0.3, -0.25) is 4.79 Å². The largest absolute Gasteiger partial charge is 0.468 e. The van der Waals surface area contributed by atoms with E-state index in [1.807, 2.05) is 0 Å². The number of pyridine rings is 1. The van der Waals surface area contributed by atoms with Crippen LogP contribution in [0.4, 0.5) is 17.6 Å². The molecule has 0 aliphatic rings. The molecule has 0 atom stereocenters. The molecule has 1 amide bonds. The van der Waals surface area contributed by atoms with Crippen molar-refractivity contribution in [3.05, 3.63) is 65.0 Å². The maximum absolute atomic E-state index is 13.8. The number of hydrogen-bond donors (Lipinski definition) is 1. The topological polar surface area (TPSA) is 64.1 Å². The molecule has 0 fully saturated rings. The number of rotatable bonds is 6. The van der Waals surface area contributed by atoms with Crippen molar-refractivity contribution in [1.29, 1.82) is 0 Å². The van der Waals surface area contributed by atoms with Gasteiger partial charge in [0.25, 0.3) is 5.91 Å². The van der Waals surface area contributed by atoms with Crippen molar-refractivity contribution in [2.24, 2.45) is 0 Å². The Balaban J connectivity index is 1.66. The second kappa shape index (κ2) is 8.34. The highest BCUT2D eigenvalue weighted by Crippen LogP contribution is 2.26. The van der Waals surface area contributed by atoms with Crippen LogP contribution in [0, 0.1) is 5.82 Å². The summed E-state index contributed by atoms with van der Waals surface area (Å²) in [6, 6.07) is 9.06. The van der Waals surface area contributed by atoms with Crippen LogP contribution in [0.25, 0.3) is 10.6 Å². The van der Waals surface area contributed by atoms with Gasteiger partial charge in [0.1, 0.15) is 16.5 Å². The summed E-state index contributed by atoms with van der Waals surface area (Å²) in [5.74, 6) is -1.22. The molecule has 146 valence electrons. The van der Waals surface area contributed by atoms with Crippen LogP contribution in [-0.2, 0) is 6.54 Å². The zero-order valence-corrected chi connectivity index (χ0v) is 15.0. The van der Waals surface area contributed by atoms with Crippen LogP contribution in [0.1, 0.15) is 16.1 Å². The summed E-state index contributed by atoms with van der Waals surface area (Å²) in [7, 11) is 0. The van der Waals surface area contributed by atoms with E-state index in [4.69, 9.17) is 0 Å². The molecule has 28 heavy (non-hydrogen) atoms. The smallest absolute Gasteiger partial charge is 0.422 e. The van der Waals surface area contributed by atoms with E-state index in [0.29, 0.717) is 5.01 Å². The van der Waals surface area contributed by atoms with Crippen molar-refractivity contribution in [3.63, 3.8) is 0 Å². The van der Waals surface area contributed by atoms with Crippen molar-refractivity contribution in [1.82, 2.24) is 15.3 Å². The van der Waals surface area contributed by atoms with E-state index in [0.717, 1.165) is 11.3 Å². The van der Waals surface area contributed by atoms with E-state index >= 15 is 0 Å². The summed E-state index contributed by atoms with van der Waals surface area (Å²) in [4.78, 5) is 20.1. The van der Waals surface area contributed by atoms with Gasteiger partial charge in [-0.25, -0.2) is 14.4 Å². The van der Waals surface area contributed by atoms with Gasteiger partial charge in [0, 0.05) is 29.2 Å². The number of nitrogens with one attached hydrogen (secondary N) is 1. The van der Waals surface area contributed by atoms with Crippen molar-refractivity contribution in [2.75, 3.05) is 6.61 Å². The van der Waals surface area contributed by atoms with Gasteiger partial charge in [-0.05, 0) is 18.2 Å². The van der Waals surface area contributed by atoms with Gasteiger partial charge >= 0.3 is 6.18 Å². The Morgan fingerprint density at radius 3 is 2.71 bits per heavy atom. The molecule has 10 heteroatoms. The lowest BCUT2D eigenvalue weighted by Gasteiger charge is -2.12. The predicted molar refractivity (Wildman–Crippen MR) is 94.5 cm³/mol. The van der Waals surface area contributed by atoms with E-state index in [-0.39, 0.29) is 29.2 Å². The predicted octanol–water partition coefficient (Wildman–Crippen LogP) is 4.22. The molecule has 0 bridgehead atoms. The van der Waals surface area contributed by atoms with E-state index in [1.54, 1.807) is 18.2 Å². The fourth-order valence-electron chi connectivity index (χ4n) is 2.24. The average molecular weight is 411 g/mol. The number of benzene rings is 1. The van der Waals surface area contributed by atoms with Gasteiger partial charge in [0.15, 0.2) is 6.61 Å². The Bertz CT molecular complexity index is 975. The molecule has 0 spiro atoms. The third-order valence-corrected chi connectivity index (χ3v) is 4.38. The summed E-state index contributed by atoms with van der Waals surface area (Å²) < 4.78 is 55.5. The first-order valence-corrected chi connectivity index (χ1v) is 8.83. The van der Waals surface area contributed by atoms with Gasteiger partial charge in [0.2, 0.25) is 5.88 Å². The van der Waals surface area contributed by atoms with Gasteiger partial charge in [0.05, 0.1) is 0 Å². The second-order valence-electron chi connectivity index (χ2n) is 5.57. The molecule has 2 aromatic heterocycles. The van der Waals surface area contributed by atoms with Crippen LogP contribution in [0.5, 0.6) is 5.88 Å². The first-order valence-electron chi connectivity index (χ1n) is 7.95. The fourth-order valence-corrected chi connectivity index (χ4v) is 3.07. The first kappa shape index (κ1) is 19.7. The standard InChI is InChI=1S/C18H13F4N3O2S/c19-13-6-2-1-5-12(13)17-25-14(9-28-17)15(26)24-8-11-4-3-7-23-16(11)27-10-18(20,21)22/h1-7,9H,8,10H2,(H,24,26). The summed E-state index contributed by atoms with van der Waals surface area (Å²) >= 11 is 1.11. The van der Waals surface area contributed by atoms with Crippen molar-refractivity contribution >= 4 is 17.2 Å². The number of amides is 1. The minimum atomic E-state index is -4.50. The zero-order valence-electron chi connectivity index (χ0n) is 14.2. The number of ether oxygens (including phenoxy) is 1. The van der Waals surface area contributed by atoms with E-state index in [9.17, 15) is 22.4 Å². The minimum absolute atomic E-state index is 0.0740. The third-order valence-electron chi connectivity index (χ3n) is 3.50. The summed E-state index contributed by atoms with van der Waals surface area (Å²) in [6.45, 7) is -1.59. The highest BCUT2D eigenvalue weighted by molar-refractivity contribution is 7.13. The second-order valence-corrected chi connectivity index (χ2v) is 6.43. The van der Waals surface area contributed by atoms with Gasteiger partial charge in [-0.1, -0.05) is 18.2 Å². The fraction of sp³-hybridized carbons (Fsp3) is 0.167. The summed E-state index contributed by atoms with van der Waals surface area (Å²) in [5.41, 5.74) is 0.635. The summed E-state index contributed by atoms with van der Waals surface area (Å²) in [6.07, 6.45) is -3.21. The van der Waals surface area contributed by atoms with Crippen LogP contribution in [-0.4, -0.2) is 28.7 Å². The number of carbonyl (C=O) groups excluding carboxylic acids is 1. The van der Waals surface area contributed by atoms with Crippen molar-refractivity contribution in [3.8, 4) is 16.5 Å². The van der Waals surface area contributed by atoms with Gasteiger partial charge < -0.3 is 10.1 Å². The molecule has 1 aromatic carbocycles. The number of halogens is 4. The lowest BCUT2D eigenvalue weighted by atomic mass is 10.2. The molecule has 0 saturated carbocycles. The summed E-state index contributed by atoms with van der Waals surface area (Å²) in [5, 5.41) is 4.36. The molecular formula is C18H13F4N3O2S. The molecule has 1 N–H and O–H groups in total. The number of nitrogens with zero attached hydrogens (tertiary/aromatic N) is 2. The molecule has 3 aromatic rings. The number of carbonyl (C=O) groups is 1. The SMILES string of the molecule is O=C(NCc1cccnc1OCC(F)(F)F)c1csc(-c2ccccc2F)n1. The van der Waals surface area contributed by atoms with Gasteiger partial charge in [-0.15, -0.1) is 11.3 Å². The quantitative estimate of drug-likeness (QED) is 0.617. The highest BCUT2D eigenvalue weighted by atomic mass is 32.1. The maximum Gasteiger partial charge on any atom is 0.422 e. The highest BCUT2D eigenvalue weighted by Gasteiger charge is 2.29. The molecule has 3 rings (SSSR count). The number of alkyl halides is 3. The lowest BCUT2D eigenvalue weighted by molar-refractivity contribution is -0.154. The molecule has 5 nitrogen and oxygen atoms in total. The van der Waals surface area contributed by atoms with Crippen LogP contribution >= 0.6 is 11.3 Å². The normalized spacial score (nSPS) is 11.3. The van der Waals surface area contributed by atoms with Crippen LogP contribution in [0.3, 0.4) is 0 Å². The van der Waals surface area contributed by atoms with Gasteiger partial charge in [-0.2, -0.15) is 13.2 Å². The van der Waals surface area contributed by atoms with Crippen LogP contribution in [0.2, 0.25) is 0 Å². The van der Waals surface area contributed by atoms with E-state index < -0.39 is 24.5 Å². The Morgan fingerprint density at radius 1 is 1.18 bits per heavy atom. The van der Waals surface area contributed by atoms with Crippen molar-refractivity contribution in [2.45, 2.75) is 12.7 Å². The molecular weight excluding hydrogens is 398 g/mol. The van der Waals surface area contributed by atoms with E-state index in [1.165, 1.54) is 29.8 Å². The Morgan fingerprint density at radius 2 is 1.96 bits per heavy atom. The molecule has 0 saturated heterocycles. The molecule has 2 heterocycles. The number of hydrogen-bond acceptors (Lipinski definition) is 5. The number of thiazole rings is 1. The molecule has 0 radical (unpaired) electrons. The third kappa shape index (κ3) is 5.03. The van der Waals surface area contributed by atoms with Crippen LogP contribution in [0.15, 0.2) is 48.0 Å². The maximum atomic E-state index is 13.8. The Labute approximate surface area is 161 Å². The molecule has 0 aliphatic carbocycles. The lowest BCUT2D eigenvalue weighted by Crippen LogP contribution is -2.24. The minimum Gasteiger partial charge on any atom is -0.468 e. The van der Waals surface area contributed by atoms with Crippen LogP contribution < -0.4 is 10.1 Å². The monoisotopic (exact) mass is 411 g/mol. The van der Waals surface area contributed by atoms with E-state index in [2.05, 4.69) is 20.0 Å². The number of aromatic nitrogens is 2. The molecule has 0 unspecified atom stereocenters. The molecule has 0 aliphatic heterocycles.